The lowest BCUT2D eigenvalue weighted by Crippen LogP contribution is -2.38. The first-order chi connectivity index (χ1) is 9.04. The molecule has 1 heterocycles. The second-order valence-corrected chi connectivity index (χ2v) is 6.09. The van der Waals surface area contributed by atoms with E-state index in [0.717, 1.165) is 10.5 Å². The Morgan fingerprint density at radius 1 is 1.42 bits per heavy atom. The fraction of sp³-hybridized carbons (Fsp3) is 0.429. The van der Waals surface area contributed by atoms with Gasteiger partial charge in [0.1, 0.15) is 5.01 Å². The van der Waals surface area contributed by atoms with Gasteiger partial charge < -0.3 is 5.32 Å². The second kappa shape index (κ2) is 6.12. The molecule has 0 unspecified atom stereocenters. The third-order valence-electron chi connectivity index (χ3n) is 2.61. The van der Waals surface area contributed by atoms with Gasteiger partial charge in [-0.3, -0.25) is 9.69 Å². The van der Waals surface area contributed by atoms with E-state index < -0.39 is 0 Å². The van der Waals surface area contributed by atoms with Crippen molar-refractivity contribution in [2.24, 2.45) is 0 Å². The number of thiazole rings is 1. The van der Waals surface area contributed by atoms with E-state index in [0.29, 0.717) is 13.1 Å². The summed E-state index contributed by atoms with van der Waals surface area (Å²) in [5, 5.41) is 3.93. The van der Waals surface area contributed by atoms with Crippen LogP contribution < -0.4 is 5.32 Å². The monoisotopic (exact) mass is 277 g/mol. The molecule has 2 rings (SSSR count). The van der Waals surface area contributed by atoms with E-state index in [9.17, 15) is 4.79 Å². The lowest BCUT2D eigenvalue weighted by molar-refractivity contribution is -0.122. The topological polar surface area (TPSA) is 45.2 Å². The second-order valence-electron chi connectivity index (χ2n) is 4.97. The van der Waals surface area contributed by atoms with Crippen LogP contribution in [0.3, 0.4) is 0 Å². The van der Waals surface area contributed by atoms with Gasteiger partial charge in [0.2, 0.25) is 5.91 Å². The number of likely N-dealkylation sites (N-methyl/N-ethyl adjacent to an activating group) is 1. The van der Waals surface area contributed by atoms with Crippen LogP contribution in [0.2, 0.25) is 0 Å². The first-order valence-electron chi connectivity index (χ1n) is 6.37. The summed E-state index contributed by atoms with van der Waals surface area (Å²) in [7, 11) is 1.94. The molecule has 4 nitrogen and oxygen atoms in total. The quantitative estimate of drug-likeness (QED) is 0.911. The van der Waals surface area contributed by atoms with Gasteiger partial charge in [-0.25, -0.2) is 4.98 Å². The average Bonchev–Trinajstić information content (AvgIpc) is 2.68. The van der Waals surface area contributed by atoms with Gasteiger partial charge in [0.15, 0.2) is 0 Å². The van der Waals surface area contributed by atoms with Gasteiger partial charge >= 0.3 is 0 Å². The van der Waals surface area contributed by atoms with Crippen molar-refractivity contribution in [2.75, 3.05) is 13.6 Å². The molecule has 0 radical (unpaired) electrons. The highest BCUT2D eigenvalue weighted by Crippen LogP contribution is 2.22. The van der Waals surface area contributed by atoms with Crippen molar-refractivity contribution < 1.29 is 4.79 Å². The minimum Gasteiger partial charge on any atom is -0.353 e. The van der Waals surface area contributed by atoms with E-state index in [4.69, 9.17) is 0 Å². The van der Waals surface area contributed by atoms with Crippen molar-refractivity contribution in [1.82, 2.24) is 15.2 Å². The van der Waals surface area contributed by atoms with Crippen LogP contribution in [0.5, 0.6) is 0 Å². The number of hydrogen-bond acceptors (Lipinski definition) is 4. The van der Waals surface area contributed by atoms with Gasteiger partial charge in [-0.1, -0.05) is 12.1 Å². The molecule has 102 valence electrons. The molecule has 19 heavy (non-hydrogen) atoms. The maximum Gasteiger partial charge on any atom is 0.234 e. The first kappa shape index (κ1) is 14.0. The van der Waals surface area contributed by atoms with E-state index in [2.05, 4.69) is 16.4 Å². The number of carbonyl (C=O) groups is 1. The van der Waals surface area contributed by atoms with Crippen LogP contribution in [-0.2, 0) is 11.3 Å². The van der Waals surface area contributed by atoms with Crippen LogP contribution >= 0.6 is 11.3 Å². The predicted octanol–water partition coefficient (Wildman–Crippen LogP) is 2.25. The lowest BCUT2D eigenvalue weighted by atomic mass is 10.3. The summed E-state index contributed by atoms with van der Waals surface area (Å²) in [5.41, 5.74) is 1.03. The number of nitrogens with one attached hydrogen (secondary N) is 1. The van der Waals surface area contributed by atoms with Gasteiger partial charge in [0, 0.05) is 6.04 Å². The normalized spacial score (nSPS) is 11.4. The lowest BCUT2D eigenvalue weighted by Gasteiger charge is -2.15. The number of amides is 1. The summed E-state index contributed by atoms with van der Waals surface area (Å²) in [4.78, 5) is 18.2. The Hall–Kier alpha value is -1.46. The van der Waals surface area contributed by atoms with Crippen LogP contribution in [0, 0.1) is 0 Å². The summed E-state index contributed by atoms with van der Waals surface area (Å²) < 4.78 is 1.19. The van der Waals surface area contributed by atoms with Crippen LogP contribution in [0.4, 0.5) is 0 Å². The molecular weight excluding hydrogens is 258 g/mol. The molecular formula is C14H19N3OS. The SMILES string of the molecule is CC(C)NC(=O)CN(C)Cc1nc2ccccc2s1. The van der Waals surface area contributed by atoms with Crippen LogP contribution in [0.1, 0.15) is 18.9 Å². The Labute approximate surface area is 117 Å². The molecule has 1 aromatic carbocycles. The molecule has 0 saturated carbocycles. The van der Waals surface area contributed by atoms with Gasteiger partial charge in [-0.2, -0.15) is 0 Å². The third-order valence-corrected chi connectivity index (χ3v) is 3.63. The zero-order valence-corrected chi connectivity index (χ0v) is 12.3. The smallest absolute Gasteiger partial charge is 0.234 e. The largest absolute Gasteiger partial charge is 0.353 e. The highest BCUT2D eigenvalue weighted by Gasteiger charge is 2.10. The number of rotatable bonds is 5. The van der Waals surface area contributed by atoms with Gasteiger partial charge in [0.25, 0.3) is 0 Å². The van der Waals surface area contributed by atoms with E-state index in [1.165, 1.54) is 4.70 Å². The molecule has 0 bridgehead atoms. The van der Waals surface area contributed by atoms with Crippen molar-refractivity contribution in [3.8, 4) is 0 Å². The van der Waals surface area contributed by atoms with E-state index >= 15 is 0 Å². The number of hydrogen-bond donors (Lipinski definition) is 1. The predicted molar refractivity (Wildman–Crippen MR) is 79.2 cm³/mol. The maximum absolute atomic E-state index is 11.7. The number of aromatic nitrogens is 1. The number of para-hydroxylation sites is 1. The van der Waals surface area contributed by atoms with Crippen molar-refractivity contribution in [3.05, 3.63) is 29.3 Å². The number of benzene rings is 1. The molecule has 1 aromatic heterocycles. The minimum atomic E-state index is 0.0543. The highest BCUT2D eigenvalue weighted by atomic mass is 32.1. The zero-order chi connectivity index (χ0) is 13.8. The van der Waals surface area contributed by atoms with Crippen molar-refractivity contribution in [1.29, 1.82) is 0 Å². The Kier molecular flexibility index (Phi) is 4.50. The first-order valence-corrected chi connectivity index (χ1v) is 7.18. The Bertz CT molecular complexity index is 532. The number of carbonyl (C=O) groups excluding carboxylic acids is 1. The van der Waals surface area contributed by atoms with E-state index in [1.54, 1.807) is 11.3 Å². The minimum absolute atomic E-state index is 0.0543. The Morgan fingerprint density at radius 2 is 2.16 bits per heavy atom. The summed E-state index contributed by atoms with van der Waals surface area (Å²) in [6.45, 7) is 5.02. The molecule has 0 aliphatic carbocycles. The summed E-state index contributed by atoms with van der Waals surface area (Å²) >= 11 is 1.68. The number of fused-ring (bicyclic) bond motifs is 1. The fourth-order valence-corrected chi connectivity index (χ4v) is 2.93. The molecule has 5 heteroatoms. The van der Waals surface area contributed by atoms with E-state index in [-0.39, 0.29) is 11.9 Å². The van der Waals surface area contributed by atoms with Crippen LogP contribution in [0.25, 0.3) is 10.2 Å². The highest BCUT2D eigenvalue weighted by molar-refractivity contribution is 7.18. The van der Waals surface area contributed by atoms with Crippen molar-refractivity contribution in [3.63, 3.8) is 0 Å². The summed E-state index contributed by atoms with van der Waals surface area (Å²) in [6.07, 6.45) is 0. The fourth-order valence-electron chi connectivity index (χ4n) is 1.89. The Morgan fingerprint density at radius 3 is 2.84 bits per heavy atom. The van der Waals surface area contributed by atoms with Gasteiger partial charge in [0.05, 0.1) is 23.3 Å². The average molecular weight is 277 g/mol. The van der Waals surface area contributed by atoms with Crippen LogP contribution in [0.15, 0.2) is 24.3 Å². The molecule has 1 amide bonds. The van der Waals surface area contributed by atoms with Gasteiger partial charge in [-0.05, 0) is 33.0 Å². The molecule has 0 atom stereocenters. The third kappa shape index (κ3) is 4.01. The molecule has 1 N–H and O–H groups in total. The van der Waals surface area contributed by atoms with Crippen molar-refractivity contribution >= 4 is 27.5 Å². The van der Waals surface area contributed by atoms with Crippen LogP contribution in [-0.4, -0.2) is 35.4 Å². The summed E-state index contributed by atoms with van der Waals surface area (Å²) in [6, 6.07) is 8.28. The maximum atomic E-state index is 11.7. The number of nitrogens with zero attached hydrogens (tertiary/aromatic N) is 2. The van der Waals surface area contributed by atoms with E-state index in [1.807, 2.05) is 44.0 Å². The van der Waals surface area contributed by atoms with Gasteiger partial charge in [-0.15, -0.1) is 11.3 Å². The molecule has 0 aliphatic rings. The molecule has 0 spiro atoms. The van der Waals surface area contributed by atoms with Crippen molar-refractivity contribution in [2.45, 2.75) is 26.4 Å². The Balaban J connectivity index is 1.94. The zero-order valence-electron chi connectivity index (χ0n) is 11.5. The summed E-state index contributed by atoms with van der Waals surface area (Å²) in [5.74, 6) is 0.0543. The molecule has 2 aromatic rings. The molecule has 0 aliphatic heterocycles. The standard InChI is InChI=1S/C14H19N3OS/c1-10(2)15-13(18)8-17(3)9-14-16-11-6-4-5-7-12(11)19-14/h4-7,10H,8-9H2,1-3H3,(H,15,18). The molecule has 0 fully saturated rings. The molecule has 0 saturated heterocycles.